The molecule has 8 nitrogen and oxygen atoms in total. The second kappa shape index (κ2) is 11.1. The second-order valence-electron chi connectivity index (χ2n) is 9.80. The average molecular weight is 546 g/mol. The number of halogens is 1. The standard InChI is InChI=1S/C26H32FN5O3S2/c1-20-9-11-29(12-10-20)19-32-26(36)31(18-21-5-7-23(27)8-6-21)25(28-32)22-3-2-4-24(17-22)37(33,34)30-13-15-35-16-14-30/h2-8,17,20H,9-16,18-19H2,1H3. The zero-order valence-electron chi connectivity index (χ0n) is 20.9. The van der Waals surface area contributed by atoms with Crippen LogP contribution in [0.25, 0.3) is 11.4 Å². The fourth-order valence-electron chi connectivity index (χ4n) is 4.79. The fraction of sp³-hybridized carbons (Fsp3) is 0.462. The van der Waals surface area contributed by atoms with Gasteiger partial charge in [-0.3, -0.25) is 9.47 Å². The van der Waals surface area contributed by atoms with E-state index < -0.39 is 10.0 Å². The first kappa shape index (κ1) is 26.2. The first-order valence-corrected chi connectivity index (χ1v) is 14.5. The van der Waals surface area contributed by atoms with E-state index in [1.807, 2.05) is 15.3 Å². The van der Waals surface area contributed by atoms with Crippen molar-refractivity contribution < 1.29 is 17.5 Å². The third-order valence-corrected chi connectivity index (χ3v) is 9.41. The number of nitrogens with zero attached hydrogens (tertiary/aromatic N) is 5. The summed E-state index contributed by atoms with van der Waals surface area (Å²) in [6, 6.07) is 13.2. The van der Waals surface area contributed by atoms with Crippen LogP contribution < -0.4 is 0 Å². The molecule has 0 bridgehead atoms. The number of likely N-dealkylation sites (tertiary alicyclic amines) is 1. The molecule has 11 heteroatoms. The van der Waals surface area contributed by atoms with E-state index in [2.05, 4.69) is 11.8 Å². The number of rotatable bonds is 7. The van der Waals surface area contributed by atoms with Crippen LogP contribution in [0.4, 0.5) is 4.39 Å². The Hall–Kier alpha value is -2.44. The smallest absolute Gasteiger partial charge is 0.243 e. The molecule has 0 N–H and O–H groups in total. The molecule has 0 radical (unpaired) electrons. The van der Waals surface area contributed by atoms with Crippen molar-refractivity contribution in [2.45, 2.75) is 37.9 Å². The summed E-state index contributed by atoms with van der Waals surface area (Å²) in [6.45, 7) is 6.63. The van der Waals surface area contributed by atoms with Gasteiger partial charge in [-0.2, -0.15) is 9.40 Å². The molecule has 2 aromatic carbocycles. The largest absolute Gasteiger partial charge is 0.379 e. The molecule has 3 aromatic rings. The Kier molecular flexibility index (Phi) is 7.87. The van der Waals surface area contributed by atoms with Crippen LogP contribution in [0, 0.1) is 16.5 Å². The van der Waals surface area contributed by atoms with Crippen LogP contribution in [0.3, 0.4) is 0 Å². The maximum absolute atomic E-state index is 13.5. The van der Waals surface area contributed by atoms with Gasteiger partial charge in [-0.15, -0.1) is 0 Å². The Bertz CT molecular complexity index is 1390. The van der Waals surface area contributed by atoms with Crippen LogP contribution >= 0.6 is 12.2 Å². The molecule has 2 aliphatic rings. The van der Waals surface area contributed by atoms with Crippen LogP contribution in [-0.4, -0.2) is 71.4 Å². The Morgan fingerprint density at radius 3 is 2.46 bits per heavy atom. The summed E-state index contributed by atoms with van der Waals surface area (Å²) >= 11 is 5.86. The fourth-order valence-corrected chi connectivity index (χ4v) is 6.49. The molecule has 3 heterocycles. The summed E-state index contributed by atoms with van der Waals surface area (Å²) in [7, 11) is -3.67. The Labute approximate surface area is 222 Å². The van der Waals surface area contributed by atoms with Crippen molar-refractivity contribution >= 4 is 22.2 Å². The van der Waals surface area contributed by atoms with Gasteiger partial charge in [0.2, 0.25) is 10.0 Å². The molecule has 2 saturated heterocycles. The zero-order valence-corrected chi connectivity index (χ0v) is 22.6. The number of hydrogen-bond donors (Lipinski definition) is 0. The van der Waals surface area contributed by atoms with E-state index in [1.54, 1.807) is 30.3 Å². The maximum Gasteiger partial charge on any atom is 0.243 e. The lowest BCUT2D eigenvalue weighted by atomic mass is 10.00. The minimum atomic E-state index is -3.67. The quantitative estimate of drug-likeness (QED) is 0.419. The van der Waals surface area contributed by atoms with Gasteiger partial charge in [0.15, 0.2) is 10.6 Å². The van der Waals surface area contributed by atoms with Crippen LogP contribution in [0.15, 0.2) is 53.4 Å². The van der Waals surface area contributed by atoms with Gasteiger partial charge in [0, 0.05) is 31.7 Å². The number of ether oxygens (including phenoxy) is 1. The van der Waals surface area contributed by atoms with Gasteiger partial charge >= 0.3 is 0 Å². The minimum absolute atomic E-state index is 0.214. The minimum Gasteiger partial charge on any atom is -0.379 e. The van der Waals surface area contributed by atoms with Gasteiger partial charge in [-0.05, 0) is 60.8 Å². The molecule has 198 valence electrons. The molecular weight excluding hydrogens is 513 g/mol. The molecule has 0 saturated carbocycles. The van der Waals surface area contributed by atoms with E-state index in [9.17, 15) is 12.8 Å². The highest BCUT2D eigenvalue weighted by Crippen LogP contribution is 2.26. The van der Waals surface area contributed by atoms with E-state index in [1.165, 1.54) is 16.4 Å². The summed E-state index contributed by atoms with van der Waals surface area (Å²) in [5.41, 5.74) is 1.54. The molecule has 0 spiro atoms. The van der Waals surface area contributed by atoms with E-state index in [0.29, 0.717) is 61.6 Å². The number of morpholine rings is 1. The summed E-state index contributed by atoms with van der Waals surface area (Å²) in [4.78, 5) is 2.56. The second-order valence-corrected chi connectivity index (χ2v) is 12.1. The topological polar surface area (TPSA) is 72.6 Å². The van der Waals surface area contributed by atoms with E-state index in [4.69, 9.17) is 22.1 Å². The Balaban J connectivity index is 1.52. The SMILES string of the molecule is CC1CCN(Cn2nc(-c3cccc(S(=O)(=O)N4CCOCC4)c3)n(Cc3ccc(F)cc3)c2=S)CC1. The molecule has 5 rings (SSSR count). The number of sulfonamides is 1. The van der Waals surface area contributed by atoms with Crippen molar-refractivity contribution in [1.29, 1.82) is 0 Å². The highest BCUT2D eigenvalue weighted by Gasteiger charge is 2.27. The molecular formula is C26H32FN5O3S2. The lowest BCUT2D eigenvalue weighted by Gasteiger charge is -2.29. The predicted octanol–water partition coefficient (Wildman–Crippen LogP) is 3.98. The van der Waals surface area contributed by atoms with Crippen LogP contribution in [0.5, 0.6) is 0 Å². The van der Waals surface area contributed by atoms with Crippen LogP contribution in [0.2, 0.25) is 0 Å². The lowest BCUT2D eigenvalue weighted by molar-refractivity contribution is 0.0730. The first-order valence-electron chi connectivity index (χ1n) is 12.6. The molecule has 2 fully saturated rings. The molecule has 0 atom stereocenters. The number of benzene rings is 2. The summed E-state index contributed by atoms with van der Waals surface area (Å²) in [5, 5.41) is 4.87. The van der Waals surface area contributed by atoms with E-state index >= 15 is 0 Å². The van der Waals surface area contributed by atoms with E-state index in [-0.39, 0.29) is 10.7 Å². The molecule has 0 aliphatic carbocycles. The van der Waals surface area contributed by atoms with Gasteiger partial charge in [-0.1, -0.05) is 31.2 Å². The average Bonchev–Trinajstić information content (AvgIpc) is 3.22. The summed E-state index contributed by atoms with van der Waals surface area (Å²) < 4.78 is 51.2. The normalized spacial score (nSPS) is 18.3. The van der Waals surface area contributed by atoms with Crippen LogP contribution in [0.1, 0.15) is 25.3 Å². The zero-order chi connectivity index (χ0) is 26.0. The van der Waals surface area contributed by atoms with Crippen molar-refractivity contribution in [3.05, 3.63) is 64.7 Å². The first-order chi connectivity index (χ1) is 17.8. The van der Waals surface area contributed by atoms with Gasteiger partial charge < -0.3 is 4.74 Å². The lowest BCUT2D eigenvalue weighted by Crippen LogP contribution is -2.40. The van der Waals surface area contributed by atoms with Crippen molar-refractivity contribution in [3.8, 4) is 11.4 Å². The number of piperidine rings is 1. The highest BCUT2D eigenvalue weighted by atomic mass is 32.2. The predicted molar refractivity (Wildman–Crippen MR) is 142 cm³/mol. The number of aromatic nitrogens is 3. The van der Waals surface area contributed by atoms with Gasteiger partial charge in [0.1, 0.15) is 5.82 Å². The third kappa shape index (κ3) is 5.85. The summed E-state index contributed by atoms with van der Waals surface area (Å²) in [6.07, 6.45) is 2.27. The van der Waals surface area contributed by atoms with Crippen molar-refractivity contribution in [2.24, 2.45) is 5.92 Å². The molecule has 0 amide bonds. The summed E-state index contributed by atoms with van der Waals surface area (Å²) in [5.74, 6) is 0.995. The molecule has 2 aliphatic heterocycles. The molecule has 1 aromatic heterocycles. The van der Waals surface area contributed by atoms with Gasteiger partial charge in [0.05, 0.1) is 31.3 Å². The Morgan fingerprint density at radius 2 is 1.76 bits per heavy atom. The van der Waals surface area contributed by atoms with Crippen molar-refractivity contribution in [2.75, 3.05) is 39.4 Å². The van der Waals surface area contributed by atoms with Gasteiger partial charge in [-0.25, -0.2) is 17.5 Å². The Morgan fingerprint density at radius 1 is 1.05 bits per heavy atom. The number of hydrogen-bond acceptors (Lipinski definition) is 6. The van der Waals surface area contributed by atoms with Gasteiger partial charge in [0.25, 0.3) is 0 Å². The highest BCUT2D eigenvalue weighted by molar-refractivity contribution is 7.89. The van der Waals surface area contributed by atoms with Crippen LogP contribution in [-0.2, 0) is 28.0 Å². The van der Waals surface area contributed by atoms with Crippen molar-refractivity contribution in [1.82, 2.24) is 23.6 Å². The van der Waals surface area contributed by atoms with E-state index in [0.717, 1.165) is 31.5 Å². The monoisotopic (exact) mass is 545 g/mol. The molecule has 37 heavy (non-hydrogen) atoms. The molecule has 0 unspecified atom stereocenters. The van der Waals surface area contributed by atoms with Crippen molar-refractivity contribution in [3.63, 3.8) is 0 Å². The third-order valence-electron chi connectivity index (χ3n) is 7.09. The maximum atomic E-state index is 13.5.